The maximum absolute atomic E-state index is 6.23. The second-order valence-corrected chi connectivity index (χ2v) is 5.49. The van der Waals surface area contributed by atoms with Gasteiger partial charge in [0.05, 0.1) is 0 Å². The fraction of sp³-hybridized carbons (Fsp3) is 1.00. The molecule has 0 saturated heterocycles. The van der Waals surface area contributed by atoms with Crippen LogP contribution in [0.5, 0.6) is 0 Å². The number of rotatable bonds is 1. The van der Waals surface area contributed by atoms with E-state index >= 15 is 0 Å². The van der Waals surface area contributed by atoms with Crippen molar-refractivity contribution in [3.8, 4) is 0 Å². The molecule has 1 fully saturated rings. The average Bonchev–Trinajstić information content (AvgIpc) is 1.99. The Bertz CT molecular complexity index is 191. The molecule has 0 aromatic carbocycles. The minimum Gasteiger partial charge on any atom is -0.330 e. The summed E-state index contributed by atoms with van der Waals surface area (Å²) >= 11 is 0. The fourth-order valence-electron chi connectivity index (χ4n) is 2.75. The van der Waals surface area contributed by atoms with Crippen molar-refractivity contribution in [2.75, 3.05) is 6.54 Å². The van der Waals surface area contributed by atoms with E-state index in [1.807, 2.05) is 0 Å². The first-order valence-corrected chi connectivity index (χ1v) is 5.03. The van der Waals surface area contributed by atoms with Crippen molar-refractivity contribution in [3.63, 3.8) is 0 Å². The van der Waals surface area contributed by atoms with Crippen molar-refractivity contribution in [1.82, 2.24) is 0 Å². The Hall–Kier alpha value is -0.120. The van der Waals surface area contributed by atoms with E-state index in [1.54, 1.807) is 0 Å². The van der Waals surface area contributed by atoms with Crippen LogP contribution in [0.2, 0.25) is 0 Å². The van der Waals surface area contributed by atoms with Crippen LogP contribution in [0.3, 0.4) is 0 Å². The molecule has 0 aromatic heterocycles. The highest BCUT2D eigenvalue weighted by molar-refractivity contribution is 5.02. The zero-order chi connectivity index (χ0) is 10.3. The molecule has 0 bridgehead atoms. The molecule has 13 heavy (non-hydrogen) atoms. The molecule has 3 atom stereocenters. The molecule has 1 saturated carbocycles. The van der Waals surface area contributed by atoms with Gasteiger partial charge in [-0.3, -0.25) is 0 Å². The average molecular weight is 185 g/mol. The van der Waals surface area contributed by atoms with Crippen LogP contribution in [-0.4, -0.2) is 18.6 Å². The lowest BCUT2D eigenvalue weighted by Crippen LogP contribution is -2.60. The topological polar surface area (TPSA) is 78.1 Å². The highest BCUT2D eigenvalue weighted by Crippen LogP contribution is 2.43. The summed E-state index contributed by atoms with van der Waals surface area (Å²) in [6, 6.07) is 0.410. The molecule has 6 N–H and O–H groups in total. The van der Waals surface area contributed by atoms with Gasteiger partial charge in [0.2, 0.25) is 0 Å². The Morgan fingerprint density at radius 3 is 2.15 bits per heavy atom. The van der Waals surface area contributed by atoms with Gasteiger partial charge >= 0.3 is 0 Å². The summed E-state index contributed by atoms with van der Waals surface area (Å²) in [6.07, 6.45) is 1.96. The van der Waals surface area contributed by atoms with Gasteiger partial charge in [-0.2, -0.15) is 0 Å². The van der Waals surface area contributed by atoms with Gasteiger partial charge in [0, 0.05) is 12.1 Å². The van der Waals surface area contributed by atoms with Crippen molar-refractivity contribution in [2.45, 2.75) is 45.7 Å². The molecule has 0 amide bonds. The van der Waals surface area contributed by atoms with Gasteiger partial charge in [0.15, 0.2) is 0 Å². The van der Waals surface area contributed by atoms with Crippen LogP contribution in [0.15, 0.2) is 0 Å². The van der Waals surface area contributed by atoms with E-state index in [0.717, 1.165) is 12.8 Å². The normalized spacial score (nSPS) is 44.8. The number of hydrogen-bond acceptors (Lipinski definition) is 3. The Balaban J connectivity index is 2.88. The summed E-state index contributed by atoms with van der Waals surface area (Å²) in [4.78, 5) is 0. The Morgan fingerprint density at radius 1 is 1.15 bits per heavy atom. The molecule has 0 spiro atoms. The molecular weight excluding hydrogens is 162 g/mol. The zero-order valence-electron chi connectivity index (χ0n) is 9.01. The van der Waals surface area contributed by atoms with Gasteiger partial charge in [-0.25, -0.2) is 0 Å². The van der Waals surface area contributed by atoms with Crippen LogP contribution in [0, 0.1) is 10.8 Å². The number of nitrogens with two attached hydrogens (primary N) is 3. The maximum Gasteiger partial charge on any atom is 0.0158 e. The zero-order valence-corrected chi connectivity index (χ0v) is 9.01. The highest BCUT2D eigenvalue weighted by Gasteiger charge is 2.46. The summed E-state index contributed by atoms with van der Waals surface area (Å²) < 4.78 is 0. The van der Waals surface area contributed by atoms with Crippen LogP contribution in [0.25, 0.3) is 0 Å². The molecular formula is C10H23N3. The summed E-state index contributed by atoms with van der Waals surface area (Å²) in [5.41, 5.74) is 18.1. The first kappa shape index (κ1) is 11.0. The van der Waals surface area contributed by atoms with Crippen LogP contribution in [0.1, 0.15) is 33.6 Å². The van der Waals surface area contributed by atoms with E-state index in [-0.39, 0.29) is 22.9 Å². The quantitative estimate of drug-likeness (QED) is 0.554. The highest BCUT2D eigenvalue weighted by atomic mass is 14.8. The standard InChI is InChI=1S/C10H23N3/c1-9(2)4-7(12)5-10(3,6-11)8(9)13/h7-8H,4-6,11-13H2,1-3H3. The third-order valence-electron chi connectivity index (χ3n) is 3.58. The number of hydrogen-bond donors (Lipinski definition) is 3. The van der Waals surface area contributed by atoms with E-state index < -0.39 is 0 Å². The molecule has 3 heteroatoms. The lowest BCUT2D eigenvalue weighted by molar-refractivity contribution is 0.0553. The van der Waals surface area contributed by atoms with Gasteiger partial charge in [-0.15, -0.1) is 0 Å². The first-order valence-electron chi connectivity index (χ1n) is 5.03. The van der Waals surface area contributed by atoms with Crippen molar-refractivity contribution >= 4 is 0 Å². The molecule has 0 radical (unpaired) electrons. The largest absolute Gasteiger partial charge is 0.330 e. The van der Waals surface area contributed by atoms with Crippen LogP contribution >= 0.6 is 0 Å². The summed E-state index contributed by atoms with van der Waals surface area (Å²) in [7, 11) is 0. The molecule has 0 heterocycles. The first-order chi connectivity index (χ1) is 5.82. The van der Waals surface area contributed by atoms with Crippen molar-refractivity contribution in [3.05, 3.63) is 0 Å². The Labute approximate surface area is 81.0 Å². The van der Waals surface area contributed by atoms with E-state index in [0.29, 0.717) is 6.54 Å². The summed E-state index contributed by atoms with van der Waals surface area (Å²) in [6.45, 7) is 7.15. The lowest BCUT2D eigenvalue weighted by Gasteiger charge is -2.50. The minimum absolute atomic E-state index is 0.0150. The SMILES string of the molecule is CC1(C)CC(N)CC(C)(CN)C1N. The predicted octanol–water partition coefficient (Wildman–Crippen LogP) is 0.426. The maximum atomic E-state index is 6.23. The third kappa shape index (κ3) is 1.87. The van der Waals surface area contributed by atoms with Gasteiger partial charge in [-0.1, -0.05) is 20.8 Å². The van der Waals surface area contributed by atoms with Gasteiger partial charge in [-0.05, 0) is 30.2 Å². The van der Waals surface area contributed by atoms with Gasteiger partial charge in [0.25, 0.3) is 0 Å². The van der Waals surface area contributed by atoms with Gasteiger partial charge < -0.3 is 17.2 Å². The predicted molar refractivity (Wildman–Crippen MR) is 56.1 cm³/mol. The van der Waals surface area contributed by atoms with Gasteiger partial charge in [0.1, 0.15) is 0 Å². The Morgan fingerprint density at radius 2 is 1.69 bits per heavy atom. The molecule has 1 rings (SSSR count). The molecule has 78 valence electrons. The van der Waals surface area contributed by atoms with Crippen LogP contribution < -0.4 is 17.2 Å². The van der Waals surface area contributed by atoms with E-state index in [9.17, 15) is 0 Å². The molecule has 0 aliphatic heterocycles. The minimum atomic E-state index is 0.0150. The van der Waals surface area contributed by atoms with E-state index in [1.165, 1.54) is 0 Å². The second kappa shape index (κ2) is 3.23. The summed E-state index contributed by atoms with van der Waals surface area (Å²) in [5, 5.41) is 0. The second-order valence-electron chi connectivity index (χ2n) is 5.49. The smallest absolute Gasteiger partial charge is 0.0158 e. The molecule has 1 aliphatic rings. The van der Waals surface area contributed by atoms with E-state index in [4.69, 9.17) is 17.2 Å². The Kier molecular flexibility index (Phi) is 2.72. The molecule has 3 unspecified atom stereocenters. The van der Waals surface area contributed by atoms with Crippen molar-refractivity contribution in [2.24, 2.45) is 28.0 Å². The van der Waals surface area contributed by atoms with Crippen LogP contribution in [-0.2, 0) is 0 Å². The third-order valence-corrected chi connectivity index (χ3v) is 3.58. The van der Waals surface area contributed by atoms with Crippen molar-refractivity contribution < 1.29 is 0 Å². The molecule has 0 aromatic rings. The lowest BCUT2D eigenvalue weighted by atomic mass is 9.59. The van der Waals surface area contributed by atoms with Crippen molar-refractivity contribution in [1.29, 1.82) is 0 Å². The molecule has 3 nitrogen and oxygen atoms in total. The monoisotopic (exact) mass is 185 g/mol. The van der Waals surface area contributed by atoms with E-state index in [2.05, 4.69) is 20.8 Å². The summed E-state index contributed by atoms with van der Waals surface area (Å²) in [5.74, 6) is 0. The fourth-order valence-corrected chi connectivity index (χ4v) is 2.75. The molecule has 1 aliphatic carbocycles. The van der Waals surface area contributed by atoms with Crippen LogP contribution in [0.4, 0.5) is 0 Å².